The number of urea groups is 1. The number of aryl methyl sites for hydroxylation is 2. The Morgan fingerprint density at radius 2 is 1.73 bits per heavy atom. The maximum absolute atomic E-state index is 13.3. The Hall–Kier alpha value is -4.36. The highest BCUT2D eigenvalue weighted by Gasteiger charge is 2.37. The number of nitrogens with zero attached hydrogens (tertiary/aromatic N) is 2. The average Bonchev–Trinajstić information content (AvgIpc) is 3.21. The zero-order chi connectivity index (χ0) is 26.1. The molecule has 0 radical (unpaired) electrons. The lowest BCUT2D eigenvalue weighted by molar-refractivity contribution is -0.122. The molecule has 1 N–H and O–H groups in total. The van der Waals surface area contributed by atoms with Gasteiger partial charge in [-0.05, 0) is 61.9 Å². The van der Waals surface area contributed by atoms with Gasteiger partial charge in [-0.15, -0.1) is 0 Å². The molecule has 4 amide bonds. The number of carbonyl (C=O) groups is 3. The van der Waals surface area contributed by atoms with Gasteiger partial charge in [-0.25, -0.2) is 9.69 Å². The molecule has 3 aromatic carbocycles. The summed E-state index contributed by atoms with van der Waals surface area (Å²) in [6, 6.07) is 19.2. The second kappa shape index (κ2) is 9.95. The number of nitrogens with one attached hydrogen (secondary N) is 1. The SMILES string of the molecule is Cc1ccc(OCCn2cc(/C=C3/C(=O)NC(=O)N(c4ccc(Cl)cc4)C3=O)c3ccccc32)c(C)c1. The third kappa shape index (κ3) is 4.86. The number of amides is 4. The van der Waals surface area contributed by atoms with Crippen molar-refractivity contribution in [3.63, 3.8) is 0 Å². The topological polar surface area (TPSA) is 80.6 Å². The van der Waals surface area contributed by atoms with Gasteiger partial charge in [0.25, 0.3) is 11.8 Å². The summed E-state index contributed by atoms with van der Waals surface area (Å²) in [6.45, 7) is 5.06. The van der Waals surface area contributed by atoms with Crippen LogP contribution in [0.2, 0.25) is 5.02 Å². The molecule has 37 heavy (non-hydrogen) atoms. The number of rotatable bonds is 6. The van der Waals surface area contributed by atoms with Crippen molar-refractivity contribution in [2.45, 2.75) is 20.4 Å². The number of para-hydroxylation sites is 1. The Balaban J connectivity index is 1.44. The monoisotopic (exact) mass is 513 g/mol. The molecule has 0 spiro atoms. The first kappa shape index (κ1) is 24.3. The Kier molecular flexibility index (Phi) is 6.54. The molecule has 0 saturated carbocycles. The van der Waals surface area contributed by atoms with Gasteiger partial charge in [0, 0.05) is 27.7 Å². The maximum Gasteiger partial charge on any atom is 0.335 e. The molecule has 0 bridgehead atoms. The summed E-state index contributed by atoms with van der Waals surface area (Å²) < 4.78 is 8.04. The van der Waals surface area contributed by atoms with Crippen molar-refractivity contribution in [1.29, 1.82) is 0 Å². The highest BCUT2D eigenvalue weighted by molar-refractivity contribution is 6.39. The number of barbiturate groups is 1. The van der Waals surface area contributed by atoms with E-state index in [9.17, 15) is 14.4 Å². The normalized spacial score (nSPS) is 14.9. The smallest absolute Gasteiger partial charge is 0.335 e. The van der Waals surface area contributed by atoms with E-state index in [4.69, 9.17) is 16.3 Å². The van der Waals surface area contributed by atoms with Crippen LogP contribution in [0.3, 0.4) is 0 Å². The molecule has 8 heteroatoms. The fraction of sp³-hybridized carbons (Fsp3) is 0.138. The quantitative estimate of drug-likeness (QED) is 0.266. The zero-order valence-corrected chi connectivity index (χ0v) is 21.1. The third-order valence-electron chi connectivity index (χ3n) is 6.23. The molecule has 2 heterocycles. The number of anilines is 1. The van der Waals surface area contributed by atoms with E-state index < -0.39 is 17.8 Å². The van der Waals surface area contributed by atoms with Crippen LogP contribution in [-0.4, -0.2) is 29.0 Å². The largest absolute Gasteiger partial charge is 0.491 e. The predicted molar refractivity (Wildman–Crippen MR) is 144 cm³/mol. The van der Waals surface area contributed by atoms with Gasteiger partial charge < -0.3 is 9.30 Å². The minimum absolute atomic E-state index is 0.135. The van der Waals surface area contributed by atoms with Crippen LogP contribution in [0, 0.1) is 13.8 Å². The number of carbonyl (C=O) groups excluding carboxylic acids is 3. The summed E-state index contributed by atoms with van der Waals surface area (Å²) in [5, 5.41) is 3.60. The van der Waals surface area contributed by atoms with E-state index in [1.807, 2.05) is 61.0 Å². The number of ether oxygens (including phenoxy) is 1. The summed E-state index contributed by atoms with van der Waals surface area (Å²) in [7, 11) is 0. The van der Waals surface area contributed by atoms with Crippen molar-refractivity contribution in [2.75, 3.05) is 11.5 Å². The van der Waals surface area contributed by atoms with Crippen LogP contribution in [0.4, 0.5) is 10.5 Å². The summed E-state index contributed by atoms with van der Waals surface area (Å²) in [5.74, 6) is -0.609. The average molecular weight is 514 g/mol. The highest BCUT2D eigenvalue weighted by Crippen LogP contribution is 2.27. The van der Waals surface area contributed by atoms with E-state index in [1.165, 1.54) is 11.6 Å². The molecule has 1 aromatic heterocycles. The minimum atomic E-state index is -0.805. The van der Waals surface area contributed by atoms with Crippen LogP contribution in [0.25, 0.3) is 17.0 Å². The summed E-state index contributed by atoms with van der Waals surface area (Å²) in [5.41, 5.74) is 4.06. The lowest BCUT2D eigenvalue weighted by Crippen LogP contribution is -2.54. The molecule has 4 aromatic rings. The predicted octanol–water partition coefficient (Wildman–Crippen LogP) is 5.66. The summed E-state index contributed by atoms with van der Waals surface area (Å²) in [6.07, 6.45) is 3.41. The van der Waals surface area contributed by atoms with Crippen LogP contribution in [0.15, 0.2) is 78.5 Å². The van der Waals surface area contributed by atoms with Gasteiger partial charge >= 0.3 is 6.03 Å². The first-order chi connectivity index (χ1) is 17.8. The molecular weight excluding hydrogens is 490 g/mol. The Labute approximate surface area is 218 Å². The number of benzene rings is 3. The van der Waals surface area contributed by atoms with Crippen molar-refractivity contribution >= 4 is 52.1 Å². The van der Waals surface area contributed by atoms with E-state index in [1.54, 1.807) is 24.3 Å². The first-order valence-electron chi connectivity index (χ1n) is 11.8. The highest BCUT2D eigenvalue weighted by atomic mass is 35.5. The molecule has 0 atom stereocenters. The standard InChI is InChI=1S/C29H24ClN3O4/c1-18-7-12-26(19(2)15-18)37-14-13-32-17-20(23-5-3-4-6-25(23)32)16-24-27(34)31-29(36)33(28(24)35)22-10-8-21(30)9-11-22/h3-12,15-17H,13-14H2,1-2H3,(H,31,34,36)/b24-16-. The Bertz CT molecular complexity index is 1570. The van der Waals surface area contributed by atoms with Crippen molar-refractivity contribution < 1.29 is 19.1 Å². The van der Waals surface area contributed by atoms with E-state index in [0.717, 1.165) is 27.1 Å². The van der Waals surface area contributed by atoms with E-state index in [0.29, 0.717) is 29.4 Å². The van der Waals surface area contributed by atoms with E-state index >= 15 is 0 Å². The Morgan fingerprint density at radius 3 is 2.49 bits per heavy atom. The van der Waals surface area contributed by atoms with Crippen LogP contribution in [0.5, 0.6) is 5.75 Å². The fourth-order valence-electron chi connectivity index (χ4n) is 4.43. The lowest BCUT2D eigenvalue weighted by Gasteiger charge is -2.26. The van der Waals surface area contributed by atoms with Gasteiger partial charge in [-0.3, -0.25) is 14.9 Å². The molecule has 1 aliphatic rings. The number of imide groups is 2. The van der Waals surface area contributed by atoms with Crippen molar-refractivity contribution in [2.24, 2.45) is 0 Å². The van der Waals surface area contributed by atoms with Crippen LogP contribution < -0.4 is 15.0 Å². The van der Waals surface area contributed by atoms with Gasteiger partial charge in [-0.2, -0.15) is 0 Å². The van der Waals surface area contributed by atoms with E-state index in [-0.39, 0.29) is 5.57 Å². The minimum Gasteiger partial charge on any atom is -0.491 e. The summed E-state index contributed by atoms with van der Waals surface area (Å²) in [4.78, 5) is 39.4. The van der Waals surface area contributed by atoms with Gasteiger partial charge in [0.15, 0.2) is 0 Å². The molecule has 1 aliphatic heterocycles. The van der Waals surface area contributed by atoms with Crippen molar-refractivity contribution in [3.05, 3.63) is 100 Å². The van der Waals surface area contributed by atoms with Crippen molar-refractivity contribution in [1.82, 2.24) is 9.88 Å². The van der Waals surface area contributed by atoms with E-state index in [2.05, 4.69) is 11.4 Å². The number of hydrogen-bond acceptors (Lipinski definition) is 4. The third-order valence-corrected chi connectivity index (χ3v) is 6.48. The molecule has 0 aliphatic carbocycles. The van der Waals surface area contributed by atoms with Gasteiger partial charge in [0.2, 0.25) is 0 Å². The van der Waals surface area contributed by atoms with Crippen molar-refractivity contribution in [3.8, 4) is 5.75 Å². The second-order valence-electron chi connectivity index (χ2n) is 8.85. The van der Waals surface area contributed by atoms with Crippen LogP contribution in [-0.2, 0) is 16.1 Å². The number of hydrogen-bond donors (Lipinski definition) is 1. The number of fused-ring (bicyclic) bond motifs is 1. The maximum atomic E-state index is 13.3. The molecule has 7 nitrogen and oxygen atoms in total. The zero-order valence-electron chi connectivity index (χ0n) is 20.3. The van der Waals surface area contributed by atoms with Gasteiger partial charge in [0.05, 0.1) is 12.2 Å². The van der Waals surface area contributed by atoms with Crippen LogP contribution >= 0.6 is 11.6 Å². The van der Waals surface area contributed by atoms with Crippen LogP contribution in [0.1, 0.15) is 16.7 Å². The molecule has 1 saturated heterocycles. The number of aromatic nitrogens is 1. The van der Waals surface area contributed by atoms with Gasteiger partial charge in [0.1, 0.15) is 17.9 Å². The van der Waals surface area contributed by atoms with Gasteiger partial charge in [-0.1, -0.05) is 47.5 Å². The fourth-order valence-corrected chi connectivity index (χ4v) is 4.55. The molecular formula is C29H24ClN3O4. The molecule has 0 unspecified atom stereocenters. The molecule has 186 valence electrons. The number of halogens is 1. The first-order valence-corrected chi connectivity index (χ1v) is 12.1. The molecule has 5 rings (SSSR count). The summed E-state index contributed by atoms with van der Waals surface area (Å²) >= 11 is 5.94. The lowest BCUT2D eigenvalue weighted by atomic mass is 10.1. The Morgan fingerprint density at radius 1 is 0.973 bits per heavy atom. The molecule has 1 fully saturated rings. The second-order valence-corrected chi connectivity index (χ2v) is 9.28.